The SMILES string of the molecule is O=C(COC(=O)CSCc1ccc(Cl)s1)NC(=O)NC1CCCCC1. The number of rotatable bonds is 7. The highest BCUT2D eigenvalue weighted by Crippen LogP contribution is 2.25. The Balaban J connectivity index is 1.55. The second kappa shape index (κ2) is 10.7. The molecule has 1 fully saturated rings. The quantitative estimate of drug-likeness (QED) is 0.681. The van der Waals surface area contributed by atoms with Crippen molar-refractivity contribution in [3.8, 4) is 0 Å². The molecular weight excluding hydrogens is 384 g/mol. The van der Waals surface area contributed by atoms with Gasteiger partial charge >= 0.3 is 12.0 Å². The van der Waals surface area contributed by atoms with E-state index in [0.29, 0.717) is 10.1 Å². The molecule has 0 saturated heterocycles. The van der Waals surface area contributed by atoms with Crippen molar-refractivity contribution in [1.29, 1.82) is 0 Å². The van der Waals surface area contributed by atoms with Crippen molar-refractivity contribution in [3.63, 3.8) is 0 Å². The number of carbonyl (C=O) groups is 3. The summed E-state index contributed by atoms with van der Waals surface area (Å²) in [7, 11) is 0. The van der Waals surface area contributed by atoms with Crippen LogP contribution in [0, 0.1) is 0 Å². The number of hydrogen-bond donors (Lipinski definition) is 2. The number of thioether (sulfide) groups is 1. The molecule has 9 heteroatoms. The van der Waals surface area contributed by atoms with Crippen LogP contribution in [0.2, 0.25) is 4.34 Å². The van der Waals surface area contributed by atoms with Gasteiger partial charge in [0.25, 0.3) is 5.91 Å². The smallest absolute Gasteiger partial charge is 0.321 e. The fourth-order valence-electron chi connectivity index (χ4n) is 2.48. The molecule has 0 atom stereocenters. The number of ether oxygens (including phenoxy) is 1. The van der Waals surface area contributed by atoms with E-state index in [2.05, 4.69) is 10.6 Å². The lowest BCUT2D eigenvalue weighted by atomic mass is 9.96. The van der Waals surface area contributed by atoms with E-state index in [4.69, 9.17) is 16.3 Å². The summed E-state index contributed by atoms with van der Waals surface area (Å²) in [5.41, 5.74) is 0. The number of thiophene rings is 1. The van der Waals surface area contributed by atoms with Crippen LogP contribution in [0.4, 0.5) is 4.79 Å². The van der Waals surface area contributed by atoms with Gasteiger partial charge in [-0.2, -0.15) is 0 Å². The zero-order valence-corrected chi connectivity index (χ0v) is 16.1. The molecule has 1 saturated carbocycles. The van der Waals surface area contributed by atoms with E-state index in [9.17, 15) is 14.4 Å². The fourth-order valence-corrected chi connectivity index (χ4v) is 4.50. The Labute approximate surface area is 160 Å². The Bertz CT molecular complexity index is 603. The van der Waals surface area contributed by atoms with Crippen LogP contribution in [0.3, 0.4) is 0 Å². The lowest BCUT2D eigenvalue weighted by Gasteiger charge is -2.22. The zero-order valence-electron chi connectivity index (χ0n) is 13.7. The Kier molecular flexibility index (Phi) is 8.57. The summed E-state index contributed by atoms with van der Waals surface area (Å²) in [5, 5.41) is 4.95. The van der Waals surface area contributed by atoms with Crippen LogP contribution in [-0.4, -0.2) is 36.3 Å². The van der Waals surface area contributed by atoms with Gasteiger partial charge in [0.15, 0.2) is 6.61 Å². The molecule has 0 bridgehead atoms. The number of nitrogens with one attached hydrogen (secondary N) is 2. The summed E-state index contributed by atoms with van der Waals surface area (Å²) in [4.78, 5) is 36.0. The number of urea groups is 1. The van der Waals surface area contributed by atoms with Crippen LogP contribution in [0.5, 0.6) is 0 Å². The molecule has 6 nitrogen and oxygen atoms in total. The minimum atomic E-state index is -0.628. The first-order valence-electron chi connectivity index (χ1n) is 8.11. The van der Waals surface area contributed by atoms with E-state index in [1.54, 1.807) is 0 Å². The first-order chi connectivity index (χ1) is 12.0. The first-order valence-corrected chi connectivity index (χ1v) is 10.5. The standard InChI is InChI=1S/C16H21ClN2O4S2/c17-13-7-6-12(25-13)9-24-10-15(21)23-8-14(20)19-16(22)18-11-4-2-1-3-5-11/h6-7,11H,1-5,8-10H2,(H2,18,19,20,22). The first kappa shape index (κ1) is 20.1. The third-order valence-electron chi connectivity index (χ3n) is 3.65. The largest absolute Gasteiger partial charge is 0.455 e. The van der Waals surface area contributed by atoms with Crippen molar-refractivity contribution in [1.82, 2.24) is 10.6 Å². The van der Waals surface area contributed by atoms with Crippen LogP contribution in [0.25, 0.3) is 0 Å². The molecule has 0 spiro atoms. The molecule has 0 radical (unpaired) electrons. The summed E-state index contributed by atoms with van der Waals surface area (Å²) in [6.45, 7) is -0.456. The molecule has 138 valence electrons. The van der Waals surface area contributed by atoms with Crippen LogP contribution in [-0.2, 0) is 20.1 Å². The van der Waals surface area contributed by atoms with Crippen molar-refractivity contribution in [2.24, 2.45) is 0 Å². The highest BCUT2D eigenvalue weighted by atomic mass is 35.5. The van der Waals surface area contributed by atoms with Crippen LogP contribution in [0.1, 0.15) is 37.0 Å². The fraction of sp³-hybridized carbons (Fsp3) is 0.562. The molecule has 0 aromatic carbocycles. The predicted octanol–water partition coefficient (Wildman–Crippen LogP) is 3.34. The summed E-state index contributed by atoms with van der Waals surface area (Å²) in [6.07, 6.45) is 5.23. The van der Waals surface area contributed by atoms with E-state index in [-0.39, 0.29) is 11.8 Å². The molecule has 3 amide bonds. The van der Waals surface area contributed by atoms with E-state index < -0.39 is 24.5 Å². The number of halogens is 1. The van der Waals surface area contributed by atoms with Crippen LogP contribution in [0.15, 0.2) is 12.1 Å². The number of imide groups is 1. The summed E-state index contributed by atoms with van der Waals surface area (Å²) in [5.74, 6) is -0.327. The summed E-state index contributed by atoms with van der Waals surface area (Å²) >= 11 is 8.68. The second-order valence-corrected chi connectivity index (χ2v) is 8.50. The average Bonchev–Trinajstić information content (AvgIpc) is 2.99. The minimum Gasteiger partial charge on any atom is -0.455 e. The van der Waals surface area contributed by atoms with Crippen molar-refractivity contribution in [3.05, 3.63) is 21.3 Å². The molecule has 2 rings (SSSR count). The van der Waals surface area contributed by atoms with Gasteiger partial charge in [-0.25, -0.2) is 4.79 Å². The molecule has 0 aliphatic heterocycles. The van der Waals surface area contributed by atoms with Gasteiger partial charge in [0.2, 0.25) is 0 Å². The van der Waals surface area contributed by atoms with E-state index >= 15 is 0 Å². The number of esters is 1. The highest BCUT2D eigenvalue weighted by molar-refractivity contribution is 7.99. The van der Waals surface area contributed by atoms with Gasteiger partial charge in [-0.1, -0.05) is 30.9 Å². The van der Waals surface area contributed by atoms with Gasteiger partial charge in [0.05, 0.1) is 10.1 Å². The van der Waals surface area contributed by atoms with Crippen LogP contribution >= 0.6 is 34.7 Å². The lowest BCUT2D eigenvalue weighted by Crippen LogP contribution is -2.46. The Hall–Kier alpha value is -1.25. The number of carbonyl (C=O) groups excluding carboxylic acids is 3. The number of hydrogen-bond acceptors (Lipinski definition) is 6. The number of amides is 3. The van der Waals surface area contributed by atoms with Gasteiger partial charge in [0.1, 0.15) is 0 Å². The zero-order chi connectivity index (χ0) is 18.1. The summed E-state index contributed by atoms with van der Waals surface area (Å²) < 4.78 is 5.57. The Morgan fingerprint density at radius 3 is 2.68 bits per heavy atom. The van der Waals surface area contributed by atoms with Crippen LogP contribution < -0.4 is 10.6 Å². The third kappa shape index (κ3) is 8.11. The van der Waals surface area contributed by atoms with E-state index in [1.165, 1.54) is 29.5 Å². The summed E-state index contributed by atoms with van der Waals surface area (Å²) in [6, 6.07) is 3.30. The molecule has 1 aromatic rings. The molecular formula is C16H21ClN2O4S2. The molecule has 1 heterocycles. The van der Waals surface area contributed by atoms with E-state index in [0.717, 1.165) is 30.6 Å². The molecule has 1 aliphatic rings. The van der Waals surface area contributed by atoms with Gasteiger partial charge in [-0.3, -0.25) is 14.9 Å². The Morgan fingerprint density at radius 1 is 1.24 bits per heavy atom. The van der Waals surface area contributed by atoms with Gasteiger partial charge < -0.3 is 10.1 Å². The molecule has 1 aromatic heterocycles. The highest BCUT2D eigenvalue weighted by Gasteiger charge is 2.17. The van der Waals surface area contributed by atoms with Crippen molar-refractivity contribution in [2.75, 3.05) is 12.4 Å². The Morgan fingerprint density at radius 2 is 2.00 bits per heavy atom. The molecule has 1 aliphatic carbocycles. The van der Waals surface area contributed by atoms with Gasteiger partial charge in [-0.05, 0) is 25.0 Å². The van der Waals surface area contributed by atoms with Gasteiger partial charge in [-0.15, -0.1) is 23.1 Å². The second-order valence-electron chi connectivity index (χ2n) is 5.72. The maximum atomic E-state index is 11.7. The predicted molar refractivity (Wildman–Crippen MR) is 100.0 cm³/mol. The van der Waals surface area contributed by atoms with Crippen molar-refractivity contribution in [2.45, 2.75) is 43.9 Å². The molecule has 2 N–H and O–H groups in total. The normalized spacial score (nSPS) is 14.8. The maximum Gasteiger partial charge on any atom is 0.321 e. The average molecular weight is 405 g/mol. The third-order valence-corrected chi connectivity index (χ3v) is 6.02. The molecule has 25 heavy (non-hydrogen) atoms. The van der Waals surface area contributed by atoms with E-state index in [1.807, 2.05) is 12.1 Å². The van der Waals surface area contributed by atoms with Crippen molar-refractivity contribution >= 4 is 52.6 Å². The minimum absolute atomic E-state index is 0.117. The molecule has 0 unspecified atom stereocenters. The van der Waals surface area contributed by atoms with Gasteiger partial charge in [0, 0.05) is 16.7 Å². The van der Waals surface area contributed by atoms with Crippen molar-refractivity contribution < 1.29 is 19.1 Å². The monoisotopic (exact) mass is 404 g/mol. The topological polar surface area (TPSA) is 84.5 Å². The maximum absolute atomic E-state index is 11.7. The lowest BCUT2D eigenvalue weighted by molar-refractivity contribution is -0.145.